The SMILES string of the molecule is Cc1c(C(=O)O)ccc(C(F)(Cl)Cl)c1[S@](=O)C(C)(C)C. The van der Waals surface area contributed by atoms with Gasteiger partial charge in [0.25, 0.3) is 4.59 Å². The van der Waals surface area contributed by atoms with Gasteiger partial charge in [0.2, 0.25) is 0 Å². The number of carboxylic acids is 1. The van der Waals surface area contributed by atoms with Crippen molar-refractivity contribution in [1.82, 2.24) is 0 Å². The van der Waals surface area contributed by atoms with Crippen molar-refractivity contribution in [2.45, 2.75) is 41.9 Å². The standard InChI is InChI=1S/C13H15Cl2FO3S/c1-7-8(11(17)18)5-6-9(13(14,15)16)10(7)20(19)12(2,3)4/h5-6H,1-4H3,(H,17,18)/t20-/m0/s1. The lowest BCUT2D eigenvalue weighted by atomic mass is 10.1. The molecule has 1 aromatic carbocycles. The lowest BCUT2D eigenvalue weighted by molar-refractivity contribution is 0.0695. The van der Waals surface area contributed by atoms with E-state index in [2.05, 4.69) is 0 Å². The predicted molar refractivity (Wildman–Crippen MR) is 78.8 cm³/mol. The molecule has 0 amide bonds. The van der Waals surface area contributed by atoms with Gasteiger partial charge in [0.1, 0.15) is 0 Å². The molecule has 0 bridgehead atoms. The minimum Gasteiger partial charge on any atom is -0.478 e. The number of carbonyl (C=O) groups is 1. The lowest BCUT2D eigenvalue weighted by Gasteiger charge is -2.24. The van der Waals surface area contributed by atoms with Crippen LogP contribution in [-0.2, 0) is 15.4 Å². The molecule has 3 nitrogen and oxygen atoms in total. The van der Waals surface area contributed by atoms with Gasteiger partial charge in [-0.15, -0.1) is 0 Å². The molecule has 0 aromatic heterocycles. The summed E-state index contributed by atoms with van der Waals surface area (Å²) in [5.41, 5.74) is -0.0397. The summed E-state index contributed by atoms with van der Waals surface area (Å²) >= 11 is 11.0. The molecule has 20 heavy (non-hydrogen) atoms. The van der Waals surface area contributed by atoms with Crippen LogP contribution in [0.3, 0.4) is 0 Å². The van der Waals surface area contributed by atoms with Crippen LogP contribution in [0.1, 0.15) is 42.3 Å². The highest BCUT2D eigenvalue weighted by Gasteiger charge is 2.35. The molecule has 0 aliphatic carbocycles. The third-order valence-electron chi connectivity index (χ3n) is 2.68. The van der Waals surface area contributed by atoms with Gasteiger partial charge in [-0.1, -0.05) is 29.3 Å². The van der Waals surface area contributed by atoms with Crippen molar-refractivity contribution in [3.8, 4) is 0 Å². The van der Waals surface area contributed by atoms with Crippen molar-refractivity contribution in [2.24, 2.45) is 0 Å². The number of hydrogen-bond donors (Lipinski definition) is 1. The Morgan fingerprint density at radius 2 is 1.80 bits per heavy atom. The fourth-order valence-corrected chi connectivity index (χ4v) is 3.53. The van der Waals surface area contributed by atoms with Crippen LogP contribution < -0.4 is 0 Å². The molecule has 1 rings (SSSR count). The lowest BCUT2D eigenvalue weighted by Crippen LogP contribution is -2.25. The fourth-order valence-electron chi connectivity index (χ4n) is 1.69. The predicted octanol–water partition coefficient (Wildman–Crippen LogP) is 4.16. The first-order chi connectivity index (χ1) is 8.87. The molecule has 1 aromatic rings. The molecule has 1 N–H and O–H groups in total. The number of rotatable bonds is 3. The van der Waals surface area contributed by atoms with E-state index in [4.69, 9.17) is 28.3 Å². The smallest absolute Gasteiger partial charge is 0.335 e. The van der Waals surface area contributed by atoms with E-state index in [1.165, 1.54) is 13.0 Å². The zero-order valence-corrected chi connectivity index (χ0v) is 13.8. The molecule has 7 heteroatoms. The van der Waals surface area contributed by atoms with Gasteiger partial charge in [-0.05, 0) is 39.3 Å². The highest BCUT2D eigenvalue weighted by molar-refractivity contribution is 7.86. The topological polar surface area (TPSA) is 54.4 Å². The monoisotopic (exact) mass is 340 g/mol. The molecular formula is C13H15Cl2FO3S. The minimum absolute atomic E-state index is 0.0323. The summed E-state index contributed by atoms with van der Waals surface area (Å²) in [6, 6.07) is 2.37. The van der Waals surface area contributed by atoms with Gasteiger partial charge in [-0.2, -0.15) is 0 Å². The Bertz CT molecular complexity index is 574. The largest absolute Gasteiger partial charge is 0.478 e. The van der Waals surface area contributed by atoms with Gasteiger partial charge < -0.3 is 5.11 Å². The molecule has 0 aliphatic heterocycles. The van der Waals surface area contributed by atoms with Crippen LogP contribution >= 0.6 is 23.2 Å². The Balaban J connectivity index is 3.71. The van der Waals surface area contributed by atoms with Gasteiger partial charge in [0.05, 0.1) is 21.3 Å². The highest BCUT2D eigenvalue weighted by atomic mass is 35.5. The second-order valence-electron chi connectivity index (χ2n) is 5.30. The molecule has 112 valence electrons. The second-order valence-corrected chi connectivity index (χ2v) is 8.70. The average molecular weight is 341 g/mol. The first kappa shape index (κ1) is 17.4. The molecule has 0 unspecified atom stereocenters. The van der Waals surface area contributed by atoms with E-state index in [0.29, 0.717) is 0 Å². The number of aromatic carboxylic acids is 1. The van der Waals surface area contributed by atoms with Crippen molar-refractivity contribution >= 4 is 40.0 Å². The maximum Gasteiger partial charge on any atom is 0.335 e. The third-order valence-corrected chi connectivity index (χ3v) is 5.10. The van der Waals surface area contributed by atoms with E-state index < -0.39 is 26.1 Å². The Kier molecular flexibility index (Phi) is 4.89. The molecule has 0 fully saturated rings. The molecule has 0 heterocycles. The molecule has 1 atom stereocenters. The Morgan fingerprint density at radius 3 is 2.15 bits per heavy atom. The van der Waals surface area contributed by atoms with Crippen LogP contribution in [0.25, 0.3) is 0 Å². The summed E-state index contributed by atoms with van der Waals surface area (Å²) in [6.45, 7) is 6.55. The number of benzene rings is 1. The zero-order chi connectivity index (χ0) is 15.9. The van der Waals surface area contributed by atoms with E-state index in [1.807, 2.05) is 0 Å². The van der Waals surface area contributed by atoms with Gasteiger partial charge >= 0.3 is 5.97 Å². The van der Waals surface area contributed by atoms with Crippen LogP contribution in [0.4, 0.5) is 4.39 Å². The van der Waals surface area contributed by atoms with E-state index >= 15 is 0 Å². The summed E-state index contributed by atoms with van der Waals surface area (Å²) in [5.74, 6) is -1.19. The summed E-state index contributed by atoms with van der Waals surface area (Å²) in [7, 11) is -1.67. The first-order valence-electron chi connectivity index (χ1n) is 5.73. The Morgan fingerprint density at radius 1 is 1.30 bits per heavy atom. The summed E-state index contributed by atoms with van der Waals surface area (Å²) in [6.07, 6.45) is 0. The Labute approximate surface area is 129 Å². The van der Waals surface area contributed by atoms with E-state index in [0.717, 1.165) is 6.07 Å². The number of carboxylic acid groups (broad SMARTS) is 1. The normalized spacial score (nSPS) is 14.2. The average Bonchev–Trinajstić information content (AvgIpc) is 2.24. The van der Waals surface area contributed by atoms with E-state index in [-0.39, 0.29) is 21.6 Å². The number of halogens is 3. The quantitative estimate of drug-likeness (QED) is 0.840. The fraction of sp³-hybridized carbons (Fsp3) is 0.462. The van der Waals surface area contributed by atoms with Gasteiger partial charge in [0, 0.05) is 10.3 Å². The van der Waals surface area contributed by atoms with Crippen LogP contribution in [0.2, 0.25) is 0 Å². The van der Waals surface area contributed by atoms with Crippen molar-refractivity contribution in [2.75, 3.05) is 0 Å². The van der Waals surface area contributed by atoms with Crippen LogP contribution in [0.5, 0.6) is 0 Å². The van der Waals surface area contributed by atoms with Crippen LogP contribution in [-0.4, -0.2) is 20.0 Å². The number of alkyl halides is 3. The van der Waals surface area contributed by atoms with Crippen molar-refractivity contribution in [1.29, 1.82) is 0 Å². The zero-order valence-electron chi connectivity index (χ0n) is 11.5. The Hall–Kier alpha value is -0.650. The van der Waals surface area contributed by atoms with Crippen molar-refractivity contribution in [3.05, 3.63) is 28.8 Å². The maximum atomic E-state index is 13.9. The molecule has 0 spiro atoms. The highest BCUT2D eigenvalue weighted by Crippen LogP contribution is 2.41. The molecule has 0 saturated heterocycles. The van der Waals surface area contributed by atoms with Crippen LogP contribution in [0, 0.1) is 6.92 Å². The second kappa shape index (κ2) is 5.62. The molecule has 0 saturated carbocycles. The van der Waals surface area contributed by atoms with Gasteiger partial charge in [-0.25, -0.2) is 9.18 Å². The first-order valence-corrected chi connectivity index (χ1v) is 7.64. The summed E-state index contributed by atoms with van der Waals surface area (Å²) in [5, 5.41) is 9.11. The minimum atomic E-state index is -2.74. The molecular weight excluding hydrogens is 326 g/mol. The molecule has 0 aliphatic rings. The molecule has 0 radical (unpaired) electrons. The maximum absolute atomic E-state index is 13.9. The van der Waals surface area contributed by atoms with Crippen LogP contribution in [0.15, 0.2) is 17.0 Å². The van der Waals surface area contributed by atoms with Crippen molar-refractivity contribution < 1.29 is 18.5 Å². The summed E-state index contributed by atoms with van der Waals surface area (Å²) in [4.78, 5) is 11.2. The van der Waals surface area contributed by atoms with E-state index in [9.17, 15) is 13.4 Å². The van der Waals surface area contributed by atoms with Crippen molar-refractivity contribution in [3.63, 3.8) is 0 Å². The van der Waals surface area contributed by atoms with Gasteiger partial charge in [-0.3, -0.25) is 4.21 Å². The third kappa shape index (κ3) is 3.51. The number of hydrogen-bond acceptors (Lipinski definition) is 2. The van der Waals surface area contributed by atoms with Gasteiger partial charge in [0.15, 0.2) is 0 Å². The van der Waals surface area contributed by atoms with E-state index in [1.54, 1.807) is 20.8 Å². The summed E-state index contributed by atoms with van der Waals surface area (Å²) < 4.78 is 23.0.